The summed E-state index contributed by atoms with van der Waals surface area (Å²) in [7, 11) is 0. The molecule has 4 aromatic rings. The summed E-state index contributed by atoms with van der Waals surface area (Å²) in [5.74, 6) is 0.207. The molecule has 0 aliphatic carbocycles. The summed E-state index contributed by atoms with van der Waals surface area (Å²) in [6, 6.07) is 22.1. The molecule has 2 heterocycles. The van der Waals surface area contributed by atoms with Gasteiger partial charge in [0.05, 0.1) is 22.8 Å². The molecule has 1 aliphatic rings. The van der Waals surface area contributed by atoms with Crippen molar-refractivity contribution in [2.75, 3.05) is 10.7 Å². The second-order valence-corrected chi connectivity index (χ2v) is 9.22. The van der Waals surface area contributed by atoms with Crippen LogP contribution in [0.25, 0.3) is 5.69 Å². The number of benzene rings is 3. The standard InChI is InChI=1S/C23H19N5OS2/c1-15-11-12-17(13-16(15)2)28-23(24-25-26-28)30-14-22(29)27-18-7-3-5-9-20(18)31-21-10-6-4-8-19(21)27/h3-13H,14H2,1-2H3. The maximum absolute atomic E-state index is 13.4. The van der Waals surface area contributed by atoms with E-state index in [4.69, 9.17) is 0 Å². The summed E-state index contributed by atoms with van der Waals surface area (Å²) < 4.78 is 1.68. The van der Waals surface area contributed by atoms with Crippen molar-refractivity contribution in [3.63, 3.8) is 0 Å². The highest BCUT2D eigenvalue weighted by atomic mass is 32.2. The van der Waals surface area contributed by atoms with E-state index in [2.05, 4.69) is 29.4 Å². The Morgan fingerprint density at radius 1 is 0.935 bits per heavy atom. The third-order valence-corrected chi connectivity index (χ3v) is 7.22. The summed E-state index contributed by atoms with van der Waals surface area (Å²) in [5.41, 5.74) is 5.07. The monoisotopic (exact) mass is 445 g/mol. The second kappa shape index (κ2) is 8.20. The number of tetrazole rings is 1. The SMILES string of the molecule is Cc1ccc(-n2nnnc2SCC(=O)N2c3ccccc3Sc3ccccc32)cc1C. The van der Waals surface area contributed by atoms with Crippen LogP contribution in [-0.4, -0.2) is 31.9 Å². The molecule has 0 atom stereocenters. The Kier molecular flexibility index (Phi) is 5.25. The van der Waals surface area contributed by atoms with Crippen molar-refractivity contribution >= 4 is 40.8 Å². The number of carbonyl (C=O) groups excluding carboxylic acids is 1. The first kappa shape index (κ1) is 19.8. The first-order valence-corrected chi connectivity index (χ1v) is 11.6. The number of nitrogens with zero attached hydrogens (tertiary/aromatic N) is 5. The van der Waals surface area contributed by atoms with Gasteiger partial charge in [0.15, 0.2) is 0 Å². The number of hydrogen-bond donors (Lipinski definition) is 0. The van der Waals surface area contributed by atoms with Gasteiger partial charge in [-0.3, -0.25) is 9.69 Å². The molecule has 6 nitrogen and oxygen atoms in total. The molecule has 0 unspecified atom stereocenters. The van der Waals surface area contributed by atoms with E-state index in [1.807, 2.05) is 66.7 Å². The van der Waals surface area contributed by atoms with E-state index >= 15 is 0 Å². The Morgan fingerprint density at radius 3 is 2.29 bits per heavy atom. The van der Waals surface area contributed by atoms with E-state index < -0.39 is 0 Å². The molecule has 0 spiro atoms. The molecule has 0 radical (unpaired) electrons. The highest BCUT2D eigenvalue weighted by Gasteiger charge is 2.28. The van der Waals surface area contributed by atoms with Crippen LogP contribution in [0.4, 0.5) is 11.4 Å². The molecule has 0 saturated heterocycles. The summed E-state index contributed by atoms with van der Waals surface area (Å²) in [5, 5.41) is 12.7. The van der Waals surface area contributed by atoms with E-state index in [1.54, 1.807) is 21.3 Å². The van der Waals surface area contributed by atoms with Gasteiger partial charge in [0.2, 0.25) is 11.1 Å². The molecular weight excluding hydrogens is 426 g/mol. The Balaban J connectivity index is 1.42. The zero-order chi connectivity index (χ0) is 21.4. The van der Waals surface area contributed by atoms with E-state index in [-0.39, 0.29) is 11.7 Å². The minimum Gasteiger partial charge on any atom is -0.278 e. The normalized spacial score (nSPS) is 12.4. The van der Waals surface area contributed by atoms with Gasteiger partial charge >= 0.3 is 0 Å². The second-order valence-electron chi connectivity index (χ2n) is 7.20. The van der Waals surface area contributed by atoms with E-state index in [0.717, 1.165) is 26.9 Å². The van der Waals surface area contributed by atoms with E-state index in [0.29, 0.717) is 5.16 Å². The van der Waals surface area contributed by atoms with Crippen molar-refractivity contribution in [1.29, 1.82) is 0 Å². The van der Waals surface area contributed by atoms with Crippen LogP contribution in [-0.2, 0) is 4.79 Å². The average Bonchev–Trinajstić information content (AvgIpc) is 3.26. The highest BCUT2D eigenvalue weighted by Crippen LogP contribution is 2.48. The number of amides is 1. The molecule has 0 fully saturated rings. The number of thioether (sulfide) groups is 1. The van der Waals surface area contributed by atoms with Crippen molar-refractivity contribution in [2.45, 2.75) is 28.8 Å². The van der Waals surface area contributed by atoms with Crippen molar-refractivity contribution in [2.24, 2.45) is 0 Å². The molecule has 154 valence electrons. The van der Waals surface area contributed by atoms with Gasteiger partial charge in [0.25, 0.3) is 0 Å². The molecule has 3 aromatic carbocycles. The Hall–Kier alpha value is -3.10. The number of anilines is 2. The van der Waals surface area contributed by atoms with Gasteiger partial charge in [-0.15, -0.1) is 5.10 Å². The number of fused-ring (bicyclic) bond motifs is 2. The van der Waals surface area contributed by atoms with Gasteiger partial charge in [-0.1, -0.05) is 53.9 Å². The lowest BCUT2D eigenvalue weighted by Gasteiger charge is -2.30. The number of hydrogen-bond acceptors (Lipinski definition) is 6. The summed E-state index contributed by atoms with van der Waals surface area (Å²) >= 11 is 3.02. The number of aromatic nitrogens is 4. The van der Waals surface area contributed by atoms with Crippen molar-refractivity contribution in [3.8, 4) is 5.69 Å². The predicted octanol–water partition coefficient (Wildman–Crippen LogP) is 5.20. The van der Waals surface area contributed by atoms with Crippen molar-refractivity contribution in [1.82, 2.24) is 20.2 Å². The first-order valence-electron chi connectivity index (χ1n) is 9.79. The number of aryl methyl sites for hydroxylation is 2. The van der Waals surface area contributed by atoms with E-state index in [9.17, 15) is 4.79 Å². The maximum Gasteiger partial charge on any atom is 0.242 e. The minimum atomic E-state index is -0.0140. The predicted molar refractivity (Wildman–Crippen MR) is 124 cm³/mol. The van der Waals surface area contributed by atoms with Crippen LogP contribution >= 0.6 is 23.5 Å². The molecule has 8 heteroatoms. The summed E-state index contributed by atoms with van der Waals surface area (Å²) in [6.45, 7) is 4.13. The molecule has 0 N–H and O–H groups in total. The summed E-state index contributed by atoms with van der Waals surface area (Å²) in [6.07, 6.45) is 0. The molecule has 1 amide bonds. The zero-order valence-corrected chi connectivity index (χ0v) is 18.7. The highest BCUT2D eigenvalue weighted by molar-refractivity contribution is 8.00. The van der Waals surface area contributed by atoms with Gasteiger partial charge < -0.3 is 0 Å². The van der Waals surface area contributed by atoms with Gasteiger partial charge in [-0.05, 0) is 71.8 Å². The van der Waals surface area contributed by atoms with Gasteiger partial charge in [-0.25, -0.2) is 0 Å². The van der Waals surface area contributed by atoms with Crippen molar-refractivity contribution in [3.05, 3.63) is 77.9 Å². The topological polar surface area (TPSA) is 63.9 Å². The minimum absolute atomic E-state index is 0.0140. The summed E-state index contributed by atoms with van der Waals surface area (Å²) in [4.78, 5) is 17.3. The van der Waals surface area contributed by atoms with Crippen LogP contribution in [0.2, 0.25) is 0 Å². The average molecular weight is 446 g/mol. The fourth-order valence-corrected chi connectivity index (χ4v) is 5.25. The third kappa shape index (κ3) is 3.73. The lowest BCUT2D eigenvalue weighted by Crippen LogP contribution is -2.30. The fraction of sp³-hybridized carbons (Fsp3) is 0.130. The van der Waals surface area contributed by atoms with Gasteiger partial charge in [-0.2, -0.15) is 4.68 Å². The molecular formula is C23H19N5OS2. The fourth-order valence-electron chi connectivity index (χ4n) is 3.45. The van der Waals surface area contributed by atoms with Gasteiger partial charge in [0.1, 0.15) is 0 Å². The van der Waals surface area contributed by atoms with Crippen LogP contribution in [0.5, 0.6) is 0 Å². The van der Waals surface area contributed by atoms with Crippen LogP contribution in [0.15, 0.2) is 81.7 Å². The number of rotatable bonds is 4. The molecule has 0 saturated carbocycles. The smallest absolute Gasteiger partial charge is 0.242 e. The Bertz CT molecular complexity index is 1240. The molecule has 1 aliphatic heterocycles. The molecule has 0 bridgehead atoms. The number of para-hydroxylation sites is 2. The molecule has 31 heavy (non-hydrogen) atoms. The lowest BCUT2D eigenvalue weighted by molar-refractivity contribution is -0.115. The maximum atomic E-state index is 13.4. The van der Waals surface area contributed by atoms with E-state index in [1.165, 1.54) is 22.9 Å². The Morgan fingerprint density at radius 2 is 1.61 bits per heavy atom. The van der Waals surface area contributed by atoms with Crippen LogP contribution in [0, 0.1) is 13.8 Å². The third-order valence-electron chi connectivity index (χ3n) is 5.18. The quantitative estimate of drug-likeness (QED) is 0.402. The molecule has 5 rings (SSSR count). The number of carbonyl (C=O) groups is 1. The van der Waals surface area contributed by atoms with Crippen LogP contribution < -0.4 is 4.90 Å². The van der Waals surface area contributed by atoms with Gasteiger partial charge in [0, 0.05) is 9.79 Å². The zero-order valence-electron chi connectivity index (χ0n) is 17.0. The molecule has 1 aromatic heterocycles. The first-order chi connectivity index (χ1) is 15.1. The largest absolute Gasteiger partial charge is 0.278 e. The van der Waals surface area contributed by atoms with Crippen LogP contribution in [0.1, 0.15) is 11.1 Å². The van der Waals surface area contributed by atoms with Crippen LogP contribution in [0.3, 0.4) is 0 Å². The van der Waals surface area contributed by atoms with Crippen molar-refractivity contribution < 1.29 is 4.79 Å². The lowest BCUT2D eigenvalue weighted by atomic mass is 10.1. The Labute approximate surface area is 188 Å².